The van der Waals surface area contributed by atoms with Gasteiger partial charge in [0.25, 0.3) is 0 Å². The molecule has 1 unspecified atom stereocenters. The molecule has 1 rings (SSSR count). The molecule has 1 atom stereocenters. The summed E-state index contributed by atoms with van der Waals surface area (Å²) in [6.45, 7) is 3.84. The third-order valence-electron chi connectivity index (χ3n) is 2.44. The lowest BCUT2D eigenvalue weighted by atomic mass is 10.1. The summed E-state index contributed by atoms with van der Waals surface area (Å²) >= 11 is 0. The van der Waals surface area contributed by atoms with Crippen LogP contribution in [0.25, 0.3) is 0 Å². The van der Waals surface area contributed by atoms with Crippen molar-refractivity contribution >= 4 is 0 Å². The van der Waals surface area contributed by atoms with Crippen molar-refractivity contribution < 1.29 is 4.39 Å². The molecule has 0 saturated heterocycles. The van der Waals surface area contributed by atoms with E-state index in [1.165, 1.54) is 6.07 Å². The summed E-state index contributed by atoms with van der Waals surface area (Å²) in [4.78, 5) is 2.09. The van der Waals surface area contributed by atoms with Crippen molar-refractivity contribution in [2.75, 3.05) is 27.2 Å². The number of nitrogens with zero attached hydrogens (tertiary/aromatic N) is 1. The Morgan fingerprint density at radius 1 is 1.40 bits per heavy atom. The highest BCUT2D eigenvalue weighted by Gasteiger charge is 2.13. The van der Waals surface area contributed by atoms with Crippen LogP contribution in [0.4, 0.5) is 4.39 Å². The minimum absolute atomic E-state index is 0.171. The number of rotatable bonds is 5. The van der Waals surface area contributed by atoms with E-state index in [-0.39, 0.29) is 11.9 Å². The first-order valence-corrected chi connectivity index (χ1v) is 5.27. The van der Waals surface area contributed by atoms with Crippen LogP contribution in [0.3, 0.4) is 0 Å². The van der Waals surface area contributed by atoms with Gasteiger partial charge in [-0.25, -0.2) is 4.39 Å². The van der Waals surface area contributed by atoms with E-state index in [9.17, 15) is 4.39 Å². The molecule has 0 aromatic heterocycles. The Bertz CT molecular complexity index is 299. The number of benzene rings is 1. The molecule has 2 nitrogen and oxygen atoms in total. The Kier molecular flexibility index (Phi) is 4.72. The number of hydrogen-bond donors (Lipinski definition) is 1. The zero-order valence-corrected chi connectivity index (χ0v) is 9.63. The molecule has 0 aliphatic heterocycles. The Morgan fingerprint density at radius 3 is 2.67 bits per heavy atom. The second-order valence-corrected chi connectivity index (χ2v) is 3.84. The summed E-state index contributed by atoms with van der Waals surface area (Å²) in [5.41, 5.74) is 1.01. The molecule has 3 heteroatoms. The van der Waals surface area contributed by atoms with Crippen molar-refractivity contribution in [2.24, 2.45) is 0 Å². The van der Waals surface area contributed by atoms with Crippen molar-refractivity contribution in [3.05, 3.63) is 35.6 Å². The summed E-state index contributed by atoms with van der Waals surface area (Å²) in [5.74, 6) is -0.171. The molecule has 0 spiro atoms. The Labute approximate surface area is 91.1 Å². The van der Waals surface area contributed by atoms with Crippen LogP contribution in [0, 0.1) is 5.82 Å². The van der Waals surface area contributed by atoms with Gasteiger partial charge in [-0.3, -0.25) is 0 Å². The molecular weight excluding hydrogens is 191 g/mol. The highest BCUT2D eigenvalue weighted by molar-refractivity contribution is 5.20. The highest BCUT2D eigenvalue weighted by Crippen LogP contribution is 2.17. The molecule has 0 aliphatic rings. The van der Waals surface area contributed by atoms with Gasteiger partial charge < -0.3 is 10.2 Å². The van der Waals surface area contributed by atoms with Gasteiger partial charge in [0, 0.05) is 12.6 Å². The van der Waals surface area contributed by atoms with E-state index in [1.807, 2.05) is 20.2 Å². The summed E-state index contributed by atoms with van der Waals surface area (Å²) in [7, 11) is 4.01. The van der Waals surface area contributed by atoms with Gasteiger partial charge >= 0.3 is 0 Å². The fraction of sp³-hybridized carbons (Fsp3) is 0.500. The van der Waals surface area contributed by atoms with Crippen molar-refractivity contribution in [3.8, 4) is 0 Å². The van der Waals surface area contributed by atoms with E-state index in [0.717, 1.165) is 18.7 Å². The summed E-state index contributed by atoms with van der Waals surface area (Å²) in [5, 5.41) is 3.28. The number of halogens is 1. The third-order valence-corrected chi connectivity index (χ3v) is 2.44. The second kappa shape index (κ2) is 5.83. The van der Waals surface area contributed by atoms with Gasteiger partial charge in [0.2, 0.25) is 0 Å². The predicted molar refractivity (Wildman–Crippen MR) is 61.4 cm³/mol. The van der Waals surface area contributed by atoms with E-state index < -0.39 is 0 Å². The lowest BCUT2D eigenvalue weighted by molar-refractivity contribution is 0.289. The first-order valence-electron chi connectivity index (χ1n) is 5.27. The van der Waals surface area contributed by atoms with Crippen molar-refractivity contribution in [2.45, 2.75) is 13.0 Å². The quantitative estimate of drug-likeness (QED) is 0.800. The molecule has 0 bridgehead atoms. The molecule has 0 fully saturated rings. The van der Waals surface area contributed by atoms with Crippen molar-refractivity contribution in [1.82, 2.24) is 10.2 Å². The van der Waals surface area contributed by atoms with Crippen LogP contribution in [0.2, 0.25) is 0 Å². The smallest absolute Gasteiger partial charge is 0.123 e. The van der Waals surface area contributed by atoms with Crippen LogP contribution >= 0.6 is 0 Å². The molecule has 0 saturated carbocycles. The monoisotopic (exact) mass is 210 g/mol. The second-order valence-electron chi connectivity index (χ2n) is 3.84. The average molecular weight is 210 g/mol. The number of likely N-dealkylation sites (N-methyl/N-ethyl adjacent to an activating group) is 2. The van der Waals surface area contributed by atoms with Gasteiger partial charge in [-0.2, -0.15) is 0 Å². The fourth-order valence-electron chi connectivity index (χ4n) is 1.59. The maximum absolute atomic E-state index is 13.1. The summed E-state index contributed by atoms with van der Waals surface area (Å²) in [6.07, 6.45) is 0. The largest absolute Gasteiger partial charge is 0.315 e. The standard InChI is InChI=1S/C12H19FN2/c1-4-14-9-12(15(2)3)10-6-5-7-11(13)8-10/h5-8,12,14H,4,9H2,1-3H3. The Morgan fingerprint density at radius 2 is 2.13 bits per heavy atom. The molecule has 15 heavy (non-hydrogen) atoms. The van der Waals surface area contributed by atoms with Crippen LogP contribution in [-0.4, -0.2) is 32.1 Å². The Balaban J connectivity index is 2.79. The molecule has 1 N–H and O–H groups in total. The maximum atomic E-state index is 13.1. The zero-order chi connectivity index (χ0) is 11.3. The van der Waals surface area contributed by atoms with Crippen molar-refractivity contribution in [1.29, 1.82) is 0 Å². The maximum Gasteiger partial charge on any atom is 0.123 e. The third kappa shape index (κ3) is 3.61. The molecule has 84 valence electrons. The molecule has 0 amide bonds. The first kappa shape index (κ1) is 12.1. The zero-order valence-electron chi connectivity index (χ0n) is 9.63. The van der Waals surface area contributed by atoms with Gasteiger partial charge in [0.15, 0.2) is 0 Å². The van der Waals surface area contributed by atoms with Crippen LogP contribution in [0.5, 0.6) is 0 Å². The van der Waals surface area contributed by atoms with E-state index in [0.29, 0.717) is 0 Å². The topological polar surface area (TPSA) is 15.3 Å². The summed E-state index contributed by atoms with van der Waals surface area (Å²) < 4.78 is 13.1. The normalized spacial score (nSPS) is 13.1. The first-order chi connectivity index (χ1) is 7.15. The van der Waals surface area contributed by atoms with Crippen LogP contribution in [-0.2, 0) is 0 Å². The molecule has 0 heterocycles. The average Bonchev–Trinajstić information content (AvgIpc) is 2.18. The Hall–Kier alpha value is -0.930. The summed E-state index contributed by atoms with van der Waals surface area (Å²) in [6, 6.07) is 7.02. The van der Waals surface area contributed by atoms with E-state index >= 15 is 0 Å². The highest BCUT2D eigenvalue weighted by atomic mass is 19.1. The molecule has 0 radical (unpaired) electrons. The number of nitrogens with one attached hydrogen (secondary N) is 1. The lowest BCUT2D eigenvalue weighted by Gasteiger charge is -2.25. The minimum Gasteiger partial charge on any atom is -0.315 e. The van der Waals surface area contributed by atoms with Crippen LogP contribution in [0.15, 0.2) is 24.3 Å². The van der Waals surface area contributed by atoms with E-state index in [4.69, 9.17) is 0 Å². The SMILES string of the molecule is CCNCC(c1cccc(F)c1)N(C)C. The number of hydrogen-bond acceptors (Lipinski definition) is 2. The molecule has 1 aromatic carbocycles. The van der Waals surface area contributed by atoms with Crippen molar-refractivity contribution in [3.63, 3.8) is 0 Å². The fourth-order valence-corrected chi connectivity index (χ4v) is 1.59. The van der Waals surface area contributed by atoms with Crippen LogP contribution < -0.4 is 5.32 Å². The lowest BCUT2D eigenvalue weighted by Crippen LogP contribution is -2.30. The minimum atomic E-state index is -0.171. The van der Waals surface area contributed by atoms with Crippen LogP contribution in [0.1, 0.15) is 18.5 Å². The predicted octanol–water partition coefficient (Wildman–Crippen LogP) is 2.04. The van der Waals surface area contributed by atoms with Gasteiger partial charge in [-0.05, 0) is 38.3 Å². The van der Waals surface area contributed by atoms with Gasteiger partial charge in [0.1, 0.15) is 5.82 Å². The van der Waals surface area contributed by atoms with Gasteiger partial charge in [-0.15, -0.1) is 0 Å². The van der Waals surface area contributed by atoms with Gasteiger partial charge in [-0.1, -0.05) is 19.1 Å². The van der Waals surface area contributed by atoms with E-state index in [2.05, 4.69) is 17.1 Å². The van der Waals surface area contributed by atoms with Gasteiger partial charge in [0.05, 0.1) is 0 Å². The molecular formula is C12H19FN2. The van der Waals surface area contributed by atoms with E-state index in [1.54, 1.807) is 12.1 Å². The molecule has 1 aromatic rings. The molecule has 0 aliphatic carbocycles.